The van der Waals surface area contributed by atoms with E-state index in [1.807, 2.05) is 11.3 Å². The van der Waals surface area contributed by atoms with Gasteiger partial charge in [-0.2, -0.15) is 11.8 Å². The second-order valence-electron chi connectivity index (χ2n) is 6.58. The van der Waals surface area contributed by atoms with E-state index in [0.29, 0.717) is 18.0 Å². The lowest BCUT2D eigenvalue weighted by Gasteiger charge is -2.30. The summed E-state index contributed by atoms with van der Waals surface area (Å²) in [6.07, 6.45) is 3.87. The number of hydrogen-bond acceptors (Lipinski definition) is 5. The van der Waals surface area contributed by atoms with Crippen molar-refractivity contribution in [3.63, 3.8) is 0 Å². The molecule has 0 spiro atoms. The molecule has 0 amide bonds. The molecule has 2 unspecified atom stereocenters. The van der Waals surface area contributed by atoms with Crippen LogP contribution in [0.2, 0.25) is 0 Å². The first-order valence-corrected chi connectivity index (χ1v) is 10.1. The molecule has 3 rings (SSSR count). The number of rotatable bonds is 4. The Morgan fingerprint density at radius 2 is 2.29 bits per heavy atom. The van der Waals surface area contributed by atoms with E-state index in [1.54, 1.807) is 4.88 Å². The molecule has 118 valence electrons. The smallest absolute Gasteiger partial charge is 0.111 e. The molecule has 0 radical (unpaired) electrons. The maximum Gasteiger partial charge on any atom is 0.111 e. The van der Waals surface area contributed by atoms with Crippen LogP contribution >= 0.6 is 23.1 Å². The predicted molar refractivity (Wildman–Crippen MR) is 93.6 cm³/mol. The Kier molecular flexibility index (Phi) is 5.25. The van der Waals surface area contributed by atoms with Crippen molar-refractivity contribution < 1.29 is 0 Å². The predicted octanol–water partition coefficient (Wildman–Crippen LogP) is 3.28. The lowest BCUT2D eigenvalue weighted by atomic mass is 9.91. The van der Waals surface area contributed by atoms with Gasteiger partial charge in [0.1, 0.15) is 5.01 Å². The van der Waals surface area contributed by atoms with Gasteiger partial charge in [-0.3, -0.25) is 4.90 Å². The molecule has 1 saturated heterocycles. The minimum Gasteiger partial charge on any atom is -0.314 e. The van der Waals surface area contributed by atoms with Crippen LogP contribution in [-0.4, -0.2) is 47.6 Å². The molecule has 3 nitrogen and oxygen atoms in total. The molecule has 21 heavy (non-hydrogen) atoms. The maximum atomic E-state index is 5.11. The van der Waals surface area contributed by atoms with Crippen molar-refractivity contribution in [1.82, 2.24) is 15.2 Å². The first-order valence-electron chi connectivity index (χ1n) is 8.16. The largest absolute Gasteiger partial charge is 0.314 e. The molecule has 1 aliphatic carbocycles. The lowest BCUT2D eigenvalue weighted by molar-refractivity contribution is 0.273. The van der Waals surface area contributed by atoms with E-state index < -0.39 is 0 Å². The number of thiazole rings is 1. The molecule has 5 heteroatoms. The molecular weight excluding hydrogens is 298 g/mol. The molecule has 0 saturated carbocycles. The molecule has 1 N–H and O–H groups in total. The van der Waals surface area contributed by atoms with Crippen LogP contribution in [-0.2, 0) is 6.42 Å². The number of hydrogen-bond donors (Lipinski definition) is 1. The fourth-order valence-corrected chi connectivity index (χ4v) is 5.88. The van der Waals surface area contributed by atoms with E-state index in [-0.39, 0.29) is 0 Å². The Morgan fingerprint density at radius 3 is 3.05 bits per heavy atom. The summed E-state index contributed by atoms with van der Waals surface area (Å²) in [6, 6.07) is 1.10. The SMILES string of the molecule is CC(C)NCC1CCCc2sc(C3CSCCN3C)nc21. The summed E-state index contributed by atoms with van der Waals surface area (Å²) in [6.45, 7) is 6.73. The van der Waals surface area contributed by atoms with Crippen molar-refractivity contribution in [2.24, 2.45) is 0 Å². The Bertz CT molecular complexity index is 472. The van der Waals surface area contributed by atoms with Gasteiger partial charge in [-0.1, -0.05) is 13.8 Å². The zero-order valence-corrected chi connectivity index (χ0v) is 15.0. The van der Waals surface area contributed by atoms with Crippen LogP contribution in [0.1, 0.15) is 54.2 Å². The summed E-state index contributed by atoms with van der Waals surface area (Å²) in [5.74, 6) is 3.10. The third kappa shape index (κ3) is 3.63. The van der Waals surface area contributed by atoms with Crippen molar-refractivity contribution in [1.29, 1.82) is 0 Å². The van der Waals surface area contributed by atoms with Gasteiger partial charge in [-0.05, 0) is 26.3 Å². The topological polar surface area (TPSA) is 28.2 Å². The minimum absolute atomic E-state index is 0.540. The average molecular weight is 326 g/mol. The number of aromatic nitrogens is 1. The number of nitrogens with one attached hydrogen (secondary N) is 1. The molecule has 2 aliphatic rings. The second kappa shape index (κ2) is 6.99. The summed E-state index contributed by atoms with van der Waals surface area (Å²) < 4.78 is 0. The van der Waals surface area contributed by atoms with Gasteiger partial charge in [0.2, 0.25) is 0 Å². The molecule has 2 heterocycles. The van der Waals surface area contributed by atoms with Gasteiger partial charge in [-0.15, -0.1) is 11.3 Å². The quantitative estimate of drug-likeness (QED) is 0.919. The highest BCUT2D eigenvalue weighted by atomic mass is 32.2. The Balaban J connectivity index is 1.77. The van der Waals surface area contributed by atoms with Crippen molar-refractivity contribution in [3.8, 4) is 0 Å². The van der Waals surface area contributed by atoms with Crippen LogP contribution in [0.25, 0.3) is 0 Å². The fraction of sp³-hybridized carbons (Fsp3) is 0.812. The molecule has 1 aliphatic heterocycles. The summed E-state index contributed by atoms with van der Waals surface area (Å²) in [7, 11) is 2.25. The standard InChI is InChI=1S/C16H27N3S2/c1-11(2)17-9-12-5-4-6-14-15(12)18-16(21-14)13-10-20-8-7-19(13)3/h11-13,17H,4-10H2,1-3H3. The summed E-state index contributed by atoms with van der Waals surface area (Å²) in [5, 5.41) is 4.97. The van der Waals surface area contributed by atoms with Crippen LogP contribution < -0.4 is 5.32 Å². The van der Waals surface area contributed by atoms with Crippen LogP contribution in [0.5, 0.6) is 0 Å². The van der Waals surface area contributed by atoms with E-state index in [1.165, 1.54) is 48.0 Å². The highest BCUT2D eigenvalue weighted by molar-refractivity contribution is 7.99. The second-order valence-corrected chi connectivity index (χ2v) is 8.85. The number of nitrogens with zero attached hydrogens (tertiary/aromatic N) is 2. The van der Waals surface area contributed by atoms with E-state index in [4.69, 9.17) is 4.98 Å². The van der Waals surface area contributed by atoms with Crippen molar-refractivity contribution in [3.05, 3.63) is 15.6 Å². The van der Waals surface area contributed by atoms with Crippen molar-refractivity contribution in [2.45, 2.75) is 51.1 Å². The first kappa shape index (κ1) is 15.8. The van der Waals surface area contributed by atoms with Gasteiger partial charge in [0.15, 0.2) is 0 Å². The molecule has 1 aromatic heterocycles. The Morgan fingerprint density at radius 1 is 1.43 bits per heavy atom. The van der Waals surface area contributed by atoms with Gasteiger partial charge < -0.3 is 5.32 Å². The zero-order valence-electron chi connectivity index (χ0n) is 13.4. The first-order chi connectivity index (χ1) is 10.1. The molecule has 1 aromatic rings. The Hall–Kier alpha value is -0.100. The molecule has 0 bridgehead atoms. The van der Waals surface area contributed by atoms with E-state index in [2.05, 4.69) is 42.9 Å². The number of thioether (sulfide) groups is 1. The van der Waals surface area contributed by atoms with Crippen LogP contribution in [0, 0.1) is 0 Å². The highest BCUT2D eigenvalue weighted by Crippen LogP contribution is 2.39. The van der Waals surface area contributed by atoms with Crippen molar-refractivity contribution >= 4 is 23.1 Å². The van der Waals surface area contributed by atoms with Crippen LogP contribution in [0.15, 0.2) is 0 Å². The van der Waals surface area contributed by atoms with E-state index in [0.717, 1.165) is 6.54 Å². The van der Waals surface area contributed by atoms with Gasteiger partial charge in [0.25, 0.3) is 0 Å². The van der Waals surface area contributed by atoms with Gasteiger partial charge in [0, 0.05) is 41.4 Å². The van der Waals surface area contributed by atoms with E-state index in [9.17, 15) is 0 Å². The summed E-state index contributed by atoms with van der Waals surface area (Å²) in [4.78, 5) is 9.16. The normalized spacial score (nSPS) is 27.0. The number of aryl methyl sites for hydroxylation is 1. The van der Waals surface area contributed by atoms with E-state index >= 15 is 0 Å². The van der Waals surface area contributed by atoms with Crippen molar-refractivity contribution in [2.75, 3.05) is 31.6 Å². The third-order valence-electron chi connectivity index (χ3n) is 4.54. The van der Waals surface area contributed by atoms with Gasteiger partial charge in [0.05, 0.1) is 11.7 Å². The maximum absolute atomic E-state index is 5.11. The lowest BCUT2D eigenvalue weighted by Crippen LogP contribution is -2.32. The molecule has 2 atom stereocenters. The summed E-state index contributed by atoms with van der Waals surface area (Å²) in [5.41, 5.74) is 1.42. The van der Waals surface area contributed by atoms with Gasteiger partial charge in [-0.25, -0.2) is 4.98 Å². The fourth-order valence-electron chi connectivity index (χ4n) is 3.19. The van der Waals surface area contributed by atoms with Crippen LogP contribution in [0.4, 0.5) is 0 Å². The number of fused-ring (bicyclic) bond motifs is 1. The monoisotopic (exact) mass is 325 g/mol. The minimum atomic E-state index is 0.540. The summed E-state index contributed by atoms with van der Waals surface area (Å²) >= 11 is 4.06. The van der Waals surface area contributed by atoms with Crippen LogP contribution in [0.3, 0.4) is 0 Å². The van der Waals surface area contributed by atoms with Gasteiger partial charge >= 0.3 is 0 Å². The third-order valence-corrected chi connectivity index (χ3v) is 6.80. The molecule has 0 aromatic carbocycles. The zero-order chi connectivity index (χ0) is 14.8. The molecule has 1 fully saturated rings. The molecular formula is C16H27N3S2. The Labute approximate surface area is 136 Å². The average Bonchev–Trinajstić information content (AvgIpc) is 2.89. The highest BCUT2D eigenvalue weighted by Gasteiger charge is 2.29.